The van der Waals surface area contributed by atoms with E-state index in [1.54, 1.807) is 0 Å². The van der Waals surface area contributed by atoms with Crippen molar-refractivity contribution in [3.8, 4) is 6.07 Å². The maximum Gasteiger partial charge on any atom is 0.105 e. The lowest BCUT2D eigenvalue weighted by atomic mass is 9.96. The van der Waals surface area contributed by atoms with Crippen molar-refractivity contribution in [1.82, 2.24) is 15.1 Å². The molecule has 2 rings (SSSR count). The van der Waals surface area contributed by atoms with E-state index >= 15 is 0 Å². The van der Waals surface area contributed by atoms with Crippen LogP contribution in [-0.2, 0) is 0 Å². The molecule has 108 valence electrons. The number of piperazine rings is 1. The number of nitrogens with zero attached hydrogens (tertiary/aromatic N) is 3. The number of nitrogens with one attached hydrogen (secondary N) is 1. The van der Waals surface area contributed by atoms with Gasteiger partial charge in [0.2, 0.25) is 0 Å². The van der Waals surface area contributed by atoms with Crippen LogP contribution in [0.2, 0.25) is 0 Å². The van der Waals surface area contributed by atoms with Crippen molar-refractivity contribution in [2.75, 3.05) is 33.2 Å². The summed E-state index contributed by atoms with van der Waals surface area (Å²) in [7, 11) is 2.20. The summed E-state index contributed by atoms with van der Waals surface area (Å²) in [6.07, 6.45) is 3.39. The topological polar surface area (TPSA) is 42.3 Å². The van der Waals surface area contributed by atoms with Crippen LogP contribution >= 0.6 is 0 Å². The number of hydrogen-bond donors (Lipinski definition) is 1. The monoisotopic (exact) mass is 264 g/mol. The van der Waals surface area contributed by atoms with Gasteiger partial charge in [0.25, 0.3) is 0 Å². The summed E-state index contributed by atoms with van der Waals surface area (Å²) in [6.45, 7) is 11.0. The molecule has 1 aliphatic carbocycles. The molecule has 0 bridgehead atoms. The molecule has 0 radical (unpaired) electrons. The van der Waals surface area contributed by atoms with Crippen LogP contribution in [-0.4, -0.2) is 60.1 Å². The molecule has 1 aliphatic heterocycles. The van der Waals surface area contributed by atoms with Crippen molar-refractivity contribution in [3.63, 3.8) is 0 Å². The molecule has 0 amide bonds. The van der Waals surface area contributed by atoms with Crippen molar-refractivity contribution < 1.29 is 0 Å². The second-order valence-corrected chi connectivity index (χ2v) is 7.12. The number of rotatable bonds is 5. The largest absolute Gasteiger partial charge is 0.300 e. The van der Waals surface area contributed by atoms with Gasteiger partial charge in [0, 0.05) is 37.8 Å². The van der Waals surface area contributed by atoms with E-state index in [0.29, 0.717) is 6.04 Å². The molecule has 0 spiro atoms. The Labute approximate surface area is 117 Å². The normalized spacial score (nSPS) is 27.7. The van der Waals surface area contributed by atoms with Crippen molar-refractivity contribution >= 4 is 0 Å². The fraction of sp³-hybridized carbons (Fsp3) is 0.933. The maximum absolute atomic E-state index is 9.40. The molecule has 1 heterocycles. The van der Waals surface area contributed by atoms with Crippen molar-refractivity contribution in [2.45, 2.75) is 57.2 Å². The smallest absolute Gasteiger partial charge is 0.105 e. The highest BCUT2D eigenvalue weighted by molar-refractivity contribution is 5.07. The molecule has 2 aliphatic rings. The van der Waals surface area contributed by atoms with Crippen LogP contribution in [0, 0.1) is 11.3 Å². The predicted octanol–water partition coefficient (Wildman–Crippen LogP) is 1.44. The molecule has 4 nitrogen and oxygen atoms in total. The summed E-state index contributed by atoms with van der Waals surface area (Å²) >= 11 is 0. The Morgan fingerprint density at radius 2 is 2.05 bits per heavy atom. The molecule has 1 saturated carbocycles. The first-order valence-corrected chi connectivity index (χ1v) is 7.47. The summed E-state index contributed by atoms with van der Waals surface area (Å²) in [4.78, 5) is 4.93. The lowest BCUT2D eigenvalue weighted by Crippen LogP contribution is -2.58. The van der Waals surface area contributed by atoms with Crippen molar-refractivity contribution in [1.29, 1.82) is 5.26 Å². The van der Waals surface area contributed by atoms with E-state index in [1.165, 1.54) is 12.8 Å². The standard InChI is InChI=1S/C15H28N4/c1-14(2)12-19(10-9-18(14)4)8-7-15(3,11-16)17-13-5-6-13/h13,17H,5-10,12H2,1-4H3. The minimum Gasteiger partial charge on any atom is -0.300 e. The summed E-state index contributed by atoms with van der Waals surface area (Å²) in [5.41, 5.74) is -0.111. The Morgan fingerprint density at radius 1 is 1.37 bits per heavy atom. The van der Waals surface area contributed by atoms with Gasteiger partial charge < -0.3 is 4.90 Å². The third kappa shape index (κ3) is 3.92. The molecule has 0 aromatic heterocycles. The van der Waals surface area contributed by atoms with Gasteiger partial charge in [-0.3, -0.25) is 10.2 Å². The summed E-state index contributed by atoms with van der Waals surface area (Å²) in [5.74, 6) is 0. The van der Waals surface area contributed by atoms with Gasteiger partial charge in [0.05, 0.1) is 6.07 Å². The fourth-order valence-corrected chi connectivity index (χ4v) is 2.75. The van der Waals surface area contributed by atoms with E-state index in [9.17, 15) is 5.26 Å². The summed E-state index contributed by atoms with van der Waals surface area (Å²) < 4.78 is 0. The Kier molecular flexibility index (Phi) is 4.20. The lowest BCUT2D eigenvalue weighted by molar-refractivity contribution is 0.0370. The van der Waals surface area contributed by atoms with E-state index in [0.717, 1.165) is 32.6 Å². The lowest BCUT2D eigenvalue weighted by Gasteiger charge is -2.45. The van der Waals surface area contributed by atoms with E-state index in [2.05, 4.69) is 42.1 Å². The SMILES string of the molecule is CN1CCN(CCC(C)(C#N)NC2CC2)CC1(C)C. The summed E-state index contributed by atoms with van der Waals surface area (Å²) in [5, 5.41) is 12.9. The Morgan fingerprint density at radius 3 is 2.58 bits per heavy atom. The summed E-state index contributed by atoms with van der Waals surface area (Å²) in [6, 6.07) is 3.06. The number of hydrogen-bond acceptors (Lipinski definition) is 4. The molecule has 0 aromatic carbocycles. The fourth-order valence-electron chi connectivity index (χ4n) is 2.75. The van der Waals surface area contributed by atoms with E-state index in [4.69, 9.17) is 0 Å². The van der Waals surface area contributed by atoms with Crippen LogP contribution in [0.1, 0.15) is 40.0 Å². The second-order valence-electron chi connectivity index (χ2n) is 7.12. The van der Waals surface area contributed by atoms with Gasteiger partial charge in [-0.15, -0.1) is 0 Å². The molecular weight excluding hydrogens is 236 g/mol. The molecule has 1 N–H and O–H groups in total. The zero-order valence-electron chi connectivity index (χ0n) is 12.9. The third-order valence-corrected chi connectivity index (χ3v) is 4.67. The van der Waals surface area contributed by atoms with Gasteiger partial charge in [0.1, 0.15) is 5.54 Å². The third-order valence-electron chi connectivity index (χ3n) is 4.67. The van der Waals surface area contributed by atoms with Crippen LogP contribution in [0.5, 0.6) is 0 Å². The molecule has 1 atom stereocenters. The van der Waals surface area contributed by atoms with Crippen LogP contribution in [0.3, 0.4) is 0 Å². The number of nitriles is 1. The van der Waals surface area contributed by atoms with Crippen molar-refractivity contribution in [2.24, 2.45) is 0 Å². The Hall–Kier alpha value is -0.630. The molecule has 2 fully saturated rings. The molecule has 19 heavy (non-hydrogen) atoms. The first-order valence-electron chi connectivity index (χ1n) is 7.47. The Bertz CT molecular complexity index is 356. The maximum atomic E-state index is 9.40. The first-order chi connectivity index (χ1) is 8.85. The van der Waals surface area contributed by atoms with Crippen molar-refractivity contribution in [3.05, 3.63) is 0 Å². The zero-order valence-corrected chi connectivity index (χ0v) is 12.9. The van der Waals surface area contributed by atoms with E-state index in [-0.39, 0.29) is 11.1 Å². The highest BCUT2D eigenvalue weighted by Gasteiger charge is 2.35. The zero-order chi connectivity index (χ0) is 14.1. The average Bonchev–Trinajstić information content (AvgIpc) is 3.14. The van der Waals surface area contributed by atoms with Gasteiger partial charge in [0.15, 0.2) is 0 Å². The van der Waals surface area contributed by atoms with Gasteiger partial charge >= 0.3 is 0 Å². The van der Waals surface area contributed by atoms with Gasteiger partial charge in [-0.25, -0.2) is 0 Å². The molecule has 1 saturated heterocycles. The Balaban J connectivity index is 1.82. The van der Waals surface area contributed by atoms with Gasteiger partial charge in [-0.05, 0) is 47.1 Å². The van der Waals surface area contributed by atoms with Crippen LogP contribution < -0.4 is 5.32 Å². The highest BCUT2D eigenvalue weighted by Crippen LogP contribution is 2.25. The van der Waals surface area contributed by atoms with Crippen LogP contribution in [0.15, 0.2) is 0 Å². The van der Waals surface area contributed by atoms with E-state index in [1.807, 2.05) is 6.92 Å². The molecule has 1 unspecified atom stereocenters. The molecular formula is C15H28N4. The minimum absolute atomic E-state index is 0.241. The van der Waals surface area contributed by atoms with Crippen LogP contribution in [0.25, 0.3) is 0 Å². The molecule has 0 aromatic rings. The second kappa shape index (κ2) is 5.40. The average molecular weight is 264 g/mol. The number of likely N-dealkylation sites (N-methyl/N-ethyl adjacent to an activating group) is 1. The van der Waals surface area contributed by atoms with Gasteiger partial charge in [-0.1, -0.05) is 0 Å². The van der Waals surface area contributed by atoms with Crippen LogP contribution in [0.4, 0.5) is 0 Å². The molecule has 4 heteroatoms. The predicted molar refractivity (Wildman–Crippen MR) is 77.9 cm³/mol. The first kappa shape index (κ1) is 14.8. The highest BCUT2D eigenvalue weighted by atomic mass is 15.3. The van der Waals surface area contributed by atoms with E-state index < -0.39 is 0 Å². The van der Waals surface area contributed by atoms with Gasteiger partial charge in [-0.2, -0.15) is 5.26 Å². The minimum atomic E-state index is -0.353. The quantitative estimate of drug-likeness (QED) is 0.816.